The van der Waals surface area contributed by atoms with E-state index in [2.05, 4.69) is 9.55 Å². The fourth-order valence-corrected chi connectivity index (χ4v) is 3.87. The topological polar surface area (TPSA) is 58.4 Å². The van der Waals surface area contributed by atoms with Crippen LogP contribution < -0.4 is 0 Å². The molecule has 3 aliphatic rings. The lowest BCUT2D eigenvalue weighted by atomic mass is 10.0. The van der Waals surface area contributed by atoms with E-state index in [1.165, 1.54) is 12.8 Å². The standard InChI is InChI=1S/C17H24N4O2/c22-16-8-14(10-21(16)9-13-3-4-13)17(23)19-6-1-2-15(11-19)20-7-5-18-12-20/h5,7,12-15H,1-4,6,8-11H2. The number of hydrogen-bond acceptors (Lipinski definition) is 3. The molecule has 1 saturated carbocycles. The maximum Gasteiger partial charge on any atom is 0.228 e. The molecule has 6 nitrogen and oxygen atoms in total. The number of likely N-dealkylation sites (tertiary alicyclic amines) is 2. The predicted molar refractivity (Wildman–Crippen MR) is 84.5 cm³/mol. The second kappa shape index (κ2) is 5.98. The van der Waals surface area contributed by atoms with E-state index >= 15 is 0 Å². The van der Waals surface area contributed by atoms with Crippen LogP contribution in [0.4, 0.5) is 0 Å². The molecule has 2 amide bonds. The van der Waals surface area contributed by atoms with Gasteiger partial charge in [0.1, 0.15) is 0 Å². The van der Waals surface area contributed by atoms with Gasteiger partial charge in [-0.2, -0.15) is 0 Å². The van der Waals surface area contributed by atoms with Crippen LogP contribution in [-0.4, -0.2) is 57.3 Å². The first kappa shape index (κ1) is 14.7. The zero-order valence-corrected chi connectivity index (χ0v) is 13.4. The van der Waals surface area contributed by atoms with Crippen LogP contribution in [0.1, 0.15) is 38.1 Å². The molecule has 2 unspecified atom stereocenters. The Balaban J connectivity index is 1.37. The van der Waals surface area contributed by atoms with Crippen LogP contribution in [0.15, 0.2) is 18.7 Å². The molecule has 2 atom stereocenters. The highest BCUT2D eigenvalue weighted by Crippen LogP contribution is 2.32. The third kappa shape index (κ3) is 3.12. The lowest BCUT2D eigenvalue weighted by molar-refractivity contribution is -0.137. The zero-order chi connectivity index (χ0) is 15.8. The van der Waals surface area contributed by atoms with E-state index in [-0.39, 0.29) is 17.7 Å². The first-order chi connectivity index (χ1) is 11.2. The Hall–Kier alpha value is -1.85. The molecular formula is C17H24N4O2. The molecule has 0 aromatic carbocycles. The van der Waals surface area contributed by atoms with Gasteiger partial charge in [0, 0.05) is 45.0 Å². The van der Waals surface area contributed by atoms with Gasteiger partial charge in [-0.15, -0.1) is 0 Å². The third-order valence-electron chi connectivity index (χ3n) is 5.39. The van der Waals surface area contributed by atoms with E-state index < -0.39 is 0 Å². The Labute approximate surface area is 136 Å². The molecule has 2 aliphatic heterocycles. The summed E-state index contributed by atoms with van der Waals surface area (Å²) in [4.78, 5) is 32.9. The van der Waals surface area contributed by atoms with Crippen LogP contribution in [0, 0.1) is 11.8 Å². The van der Waals surface area contributed by atoms with E-state index in [9.17, 15) is 9.59 Å². The molecule has 124 valence electrons. The highest BCUT2D eigenvalue weighted by Gasteiger charge is 2.39. The average molecular weight is 316 g/mol. The Kier molecular flexibility index (Phi) is 3.83. The Morgan fingerprint density at radius 1 is 1.26 bits per heavy atom. The first-order valence-electron chi connectivity index (χ1n) is 8.74. The number of rotatable bonds is 4. The molecule has 1 aromatic rings. The van der Waals surface area contributed by atoms with Crippen molar-refractivity contribution in [2.75, 3.05) is 26.2 Å². The first-order valence-corrected chi connectivity index (χ1v) is 8.74. The summed E-state index contributed by atoms with van der Waals surface area (Å²) in [5.74, 6) is 0.885. The summed E-state index contributed by atoms with van der Waals surface area (Å²) in [6.07, 6.45) is 10.6. The van der Waals surface area contributed by atoms with Gasteiger partial charge in [-0.1, -0.05) is 0 Å². The number of aromatic nitrogens is 2. The van der Waals surface area contributed by atoms with Crippen molar-refractivity contribution >= 4 is 11.8 Å². The summed E-state index contributed by atoms with van der Waals surface area (Å²) in [7, 11) is 0. The van der Waals surface area contributed by atoms with E-state index in [0.29, 0.717) is 24.9 Å². The zero-order valence-electron chi connectivity index (χ0n) is 13.4. The number of carbonyl (C=O) groups is 2. The van der Waals surface area contributed by atoms with Crippen molar-refractivity contribution in [1.29, 1.82) is 0 Å². The Bertz CT molecular complexity index is 581. The molecule has 0 radical (unpaired) electrons. The SMILES string of the molecule is O=C1CC(C(=O)N2CCCC(n3ccnc3)C2)CN1CC1CC1. The number of carbonyl (C=O) groups excluding carboxylic acids is 2. The van der Waals surface area contributed by atoms with Crippen LogP contribution in [-0.2, 0) is 9.59 Å². The molecule has 3 fully saturated rings. The second-order valence-electron chi connectivity index (χ2n) is 7.23. The third-order valence-corrected chi connectivity index (χ3v) is 5.39. The molecule has 4 rings (SSSR count). The van der Waals surface area contributed by atoms with E-state index in [4.69, 9.17) is 0 Å². The number of piperidine rings is 1. The lowest BCUT2D eigenvalue weighted by Gasteiger charge is -2.34. The molecule has 6 heteroatoms. The van der Waals surface area contributed by atoms with Gasteiger partial charge in [0.2, 0.25) is 11.8 Å². The van der Waals surface area contributed by atoms with Gasteiger partial charge in [-0.25, -0.2) is 4.98 Å². The summed E-state index contributed by atoms with van der Waals surface area (Å²) >= 11 is 0. The molecule has 2 saturated heterocycles. The lowest BCUT2D eigenvalue weighted by Crippen LogP contribution is -2.44. The van der Waals surface area contributed by atoms with Gasteiger partial charge < -0.3 is 14.4 Å². The highest BCUT2D eigenvalue weighted by atomic mass is 16.2. The summed E-state index contributed by atoms with van der Waals surface area (Å²) < 4.78 is 2.10. The average Bonchev–Trinajstić information content (AvgIpc) is 3.08. The minimum absolute atomic E-state index is 0.136. The monoisotopic (exact) mass is 316 g/mol. The molecule has 1 aromatic heterocycles. The van der Waals surface area contributed by atoms with Crippen LogP contribution in [0.5, 0.6) is 0 Å². The van der Waals surface area contributed by atoms with Crippen LogP contribution >= 0.6 is 0 Å². The molecule has 0 bridgehead atoms. The number of hydrogen-bond donors (Lipinski definition) is 0. The molecular weight excluding hydrogens is 292 g/mol. The van der Waals surface area contributed by atoms with Crippen molar-refractivity contribution < 1.29 is 9.59 Å². The van der Waals surface area contributed by atoms with Crippen molar-refractivity contribution in [1.82, 2.24) is 19.4 Å². The largest absolute Gasteiger partial charge is 0.342 e. The summed E-state index contributed by atoms with van der Waals surface area (Å²) in [6, 6.07) is 0.315. The summed E-state index contributed by atoms with van der Waals surface area (Å²) in [5, 5.41) is 0. The molecule has 1 aliphatic carbocycles. The molecule has 23 heavy (non-hydrogen) atoms. The fraction of sp³-hybridized carbons (Fsp3) is 0.706. The van der Waals surface area contributed by atoms with E-state index in [0.717, 1.165) is 32.5 Å². The van der Waals surface area contributed by atoms with Crippen molar-refractivity contribution in [3.63, 3.8) is 0 Å². The van der Waals surface area contributed by atoms with Gasteiger partial charge in [0.05, 0.1) is 18.3 Å². The number of nitrogens with zero attached hydrogens (tertiary/aromatic N) is 4. The van der Waals surface area contributed by atoms with Crippen molar-refractivity contribution in [2.24, 2.45) is 11.8 Å². The maximum atomic E-state index is 12.8. The normalized spacial score (nSPS) is 28.4. The van der Waals surface area contributed by atoms with Crippen molar-refractivity contribution in [3.8, 4) is 0 Å². The highest BCUT2D eigenvalue weighted by molar-refractivity contribution is 5.89. The second-order valence-corrected chi connectivity index (χ2v) is 7.23. The van der Waals surface area contributed by atoms with Crippen molar-refractivity contribution in [3.05, 3.63) is 18.7 Å². The van der Waals surface area contributed by atoms with Crippen molar-refractivity contribution in [2.45, 2.75) is 38.1 Å². The van der Waals surface area contributed by atoms with Crippen LogP contribution in [0.25, 0.3) is 0 Å². The maximum absolute atomic E-state index is 12.8. The molecule has 0 N–H and O–H groups in total. The van der Waals surface area contributed by atoms with Gasteiger partial charge in [0.25, 0.3) is 0 Å². The van der Waals surface area contributed by atoms with E-state index in [1.54, 1.807) is 6.20 Å². The molecule has 0 spiro atoms. The number of imidazole rings is 1. The minimum atomic E-state index is -0.136. The van der Waals surface area contributed by atoms with Crippen LogP contribution in [0.2, 0.25) is 0 Å². The van der Waals surface area contributed by atoms with Gasteiger partial charge in [-0.3, -0.25) is 9.59 Å². The smallest absolute Gasteiger partial charge is 0.228 e. The Morgan fingerprint density at radius 2 is 2.13 bits per heavy atom. The van der Waals surface area contributed by atoms with Crippen LogP contribution in [0.3, 0.4) is 0 Å². The summed E-state index contributed by atoms with van der Waals surface area (Å²) in [5.41, 5.74) is 0. The fourth-order valence-electron chi connectivity index (χ4n) is 3.87. The number of amides is 2. The predicted octanol–water partition coefficient (Wildman–Crippen LogP) is 1.31. The minimum Gasteiger partial charge on any atom is -0.342 e. The van der Waals surface area contributed by atoms with Gasteiger partial charge >= 0.3 is 0 Å². The van der Waals surface area contributed by atoms with E-state index in [1.807, 2.05) is 22.3 Å². The van der Waals surface area contributed by atoms with Gasteiger partial charge in [0.15, 0.2) is 0 Å². The Morgan fingerprint density at radius 3 is 2.87 bits per heavy atom. The van der Waals surface area contributed by atoms with Gasteiger partial charge in [-0.05, 0) is 31.6 Å². The quantitative estimate of drug-likeness (QED) is 0.841. The summed E-state index contributed by atoms with van der Waals surface area (Å²) in [6.45, 7) is 3.04. The molecule has 3 heterocycles.